The highest BCUT2D eigenvalue weighted by atomic mass is 32.1. The van der Waals surface area contributed by atoms with Gasteiger partial charge >= 0.3 is 5.97 Å². The lowest BCUT2D eigenvalue weighted by Crippen LogP contribution is -2.47. The molecule has 0 saturated carbocycles. The quantitative estimate of drug-likeness (QED) is 0.350. The van der Waals surface area contributed by atoms with Gasteiger partial charge in [-0.05, 0) is 42.8 Å². The fraction of sp³-hybridized carbons (Fsp3) is 0.346. The van der Waals surface area contributed by atoms with E-state index in [0.717, 1.165) is 71.8 Å². The van der Waals surface area contributed by atoms with E-state index in [9.17, 15) is 9.18 Å². The number of carboxylic acids is 1. The number of anilines is 3. The van der Waals surface area contributed by atoms with Gasteiger partial charge in [0.15, 0.2) is 5.13 Å². The Bertz CT molecular complexity index is 1380. The average molecular weight is 525 g/mol. The van der Waals surface area contributed by atoms with Crippen LogP contribution in [0.25, 0.3) is 16.9 Å². The van der Waals surface area contributed by atoms with Crippen LogP contribution >= 0.6 is 11.3 Å². The maximum Gasteiger partial charge on any atom is 0.329 e. The van der Waals surface area contributed by atoms with Gasteiger partial charge in [-0.2, -0.15) is 0 Å². The van der Waals surface area contributed by atoms with Crippen molar-refractivity contribution < 1.29 is 19.0 Å². The number of aliphatic carboxylic acids is 1. The van der Waals surface area contributed by atoms with Gasteiger partial charge in [-0.3, -0.25) is 9.30 Å². The largest absolute Gasteiger partial charge is 0.480 e. The number of thiazole rings is 1. The molecule has 1 fully saturated rings. The zero-order valence-corrected chi connectivity index (χ0v) is 21.6. The summed E-state index contributed by atoms with van der Waals surface area (Å²) in [6.45, 7) is 5.35. The molecule has 5 rings (SSSR count). The normalized spacial score (nSPS) is 14.4. The Morgan fingerprint density at radius 1 is 1.14 bits per heavy atom. The second kappa shape index (κ2) is 10.8. The Balaban J connectivity index is 1.36. The summed E-state index contributed by atoms with van der Waals surface area (Å²) in [5.74, 6) is -0.248. The van der Waals surface area contributed by atoms with Crippen LogP contribution in [0.3, 0.4) is 0 Å². The molecule has 37 heavy (non-hydrogen) atoms. The van der Waals surface area contributed by atoms with Crippen LogP contribution in [0.15, 0.2) is 48.0 Å². The number of imidazole rings is 1. The predicted octanol–water partition coefficient (Wildman–Crippen LogP) is 4.11. The summed E-state index contributed by atoms with van der Waals surface area (Å²) in [5.41, 5.74) is 4.64. The van der Waals surface area contributed by atoms with Crippen LogP contribution in [0.2, 0.25) is 0 Å². The van der Waals surface area contributed by atoms with Crippen molar-refractivity contribution in [3.8, 4) is 11.3 Å². The molecule has 1 aliphatic rings. The van der Waals surface area contributed by atoms with E-state index in [1.165, 1.54) is 23.5 Å². The molecule has 9 nitrogen and oxygen atoms in total. The van der Waals surface area contributed by atoms with Crippen molar-refractivity contribution in [3.05, 3.63) is 59.5 Å². The number of hydrogen-bond donors (Lipinski definition) is 1. The number of carbonyl (C=O) groups is 1. The van der Waals surface area contributed by atoms with Crippen molar-refractivity contribution in [2.45, 2.75) is 13.3 Å². The first-order valence-corrected chi connectivity index (χ1v) is 13.0. The number of benzene rings is 1. The summed E-state index contributed by atoms with van der Waals surface area (Å²) >= 11 is 1.54. The molecule has 0 atom stereocenters. The summed E-state index contributed by atoms with van der Waals surface area (Å²) in [5, 5.41) is 11.6. The lowest BCUT2D eigenvalue weighted by atomic mass is 10.2. The van der Waals surface area contributed by atoms with Crippen LogP contribution in [0.1, 0.15) is 12.6 Å². The number of halogens is 1. The van der Waals surface area contributed by atoms with Gasteiger partial charge in [-0.1, -0.05) is 6.92 Å². The van der Waals surface area contributed by atoms with Crippen molar-refractivity contribution in [2.24, 2.45) is 0 Å². The molecule has 11 heteroatoms. The first-order valence-electron chi connectivity index (χ1n) is 12.2. The highest BCUT2D eigenvalue weighted by Crippen LogP contribution is 2.34. The predicted molar refractivity (Wildman–Crippen MR) is 142 cm³/mol. The van der Waals surface area contributed by atoms with Crippen LogP contribution in [0, 0.1) is 5.82 Å². The van der Waals surface area contributed by atoms with Crippen molar-refractivity contribution >= 4 is 39.6 Å². The first-order chi connectivity index (χ1) is 17.9. The molecule has 0 spiro atoms. The van der Waals surface area contributed by atoms with Gasteiger partial charge in [0.25, 0.3) is 0 Å². The maximum atomic E-state index is 13.3. The molecule has 0 aliphatic carbocycles. The number of piperazine rings is 1. The minimum atomic E-state index is -0.955. The molecule has 1 N–H and O–H groups in total. The van der Waals surface area contributed by atoms with E-state index in [4.69, 9.17) is 19.8 Å². The molecular weight excluding hydrogens is 495 g/mol. The molecule has 4 heterocycles. The Hall–Kier alpha value is -3.54. The molecule has 0 amide bonds. The van der Waals surface area contributed by atoms with E-state index < -0.39 is 5.97 Å². The number of hydrogen-bond acceptors (Lipinski definition) is 8. The Morgan fingerprint density at radius 2 is 1.89 bits per heavy atom. The highest BCUT2D eigenvalue weighted by molar-refractivity contribution is 7.14. The van der Waals surface area contributed by atoms with E-state index in [2.05, 4.69) is 38.3 Å². The third-order valence-electron chi connectivity index (χ3n) is 6.46. The highest BCUT2D eigenvalue weighted by Gasteiger charge is 2.22. The molecule has 1 aromatic carbocycles. The van der Waals surface area contributed by atoms with E-state index >= 15 is 0 Å². The zero-order valence-electron chi connectivity index (χ0n) is 20.8. The summed E-state index contributed by atoms with van der Waals surface area (Å²) in [6.07, 6.45) is 2.90. The van der Waals surface area contributed by atoms with Gasteiger partial charge in [-0.15, -0.1) is 11.3 Å². The monoisotopic (exact) mass is 524 g/mol. The molecule has 1 aliphatic heterocycles. The smallest absolute Gasteiger partial charge is 0.329 e. The Labute approximate surface area is 218 Å². The summed E-state index contributed by atoms with van der Waals surface area (Å²) in [6, 6.07) is 10.5. The van der Waals surface area contributed by atoms with E-state index in [1.807, 2.05) is 18.5 Å². The number of aromatic nitrogens is 3. The van der Waals surface area contributed by atoms with Crippen molar-refractivity contribution in [1.29, 1.82) is 0 Å². The van der Waals surface area contributed by atoms with Gasteiger partial charge in [0.1, 0.15) is 23.9 Å². The number of pyridine rings is 1. The van der Waals surface area contributed by atoms with Gasteiger partial charge in [0.2, 0.25) is 0 Å². The maximum absolute atomic E-state index is 13.3. The first kappa shape index (κ1) is 25.1. The molecule has 4 aromatic rings. The second-order valence-electron chi connectivity index (χ2n) is 8.91. The average Bonchev–Trinajstić information content (AvgIpc) is 3.54. The number of aryl methyl sites for hydroxylation is 1. The topological polar surface area (TPSA) is 86.4 Å². The number of fused-ring (bicyclic) bond motifs is 1. The molecule has 0 radical (unpaired) electrons. The Kier molecular flexibility index (Phi) is 7.36. The SMILES string of the molecule is CCc1nc2ccc(N3CCN(COCC(=O)O)CC3)cn2c1N(C)c1nc(-c2ccc(F)cc2)cs1. The van der Waals surface area contributed by atoms with Gasteiger partial charge in [0, 0.05) is 50.4 Å². The Morgan fingerprint density at radius 3 is 2.59 bits per heavy atom. The molecular formula is C26H29FN6O3S. The zero-order chi connectivity index (χ0) is 25.9. The van der Waals surface area contributed by atoms with Crippen LogP contribution in [0.4, 0.5) is 21.0 Å². The van der Waals surface area contributed by atoms with Crippen LogP contribution < -0.4 is 9.80 Å². The second-order valence-corrected chi connectivity index (χ2v) is 9.75. The van der Waals surface area contributed by atoms with E-state index in [0.29, 0.717) is 6.73 Å². The number of rotatable bonds is 9. The summed E-state index contributed by atoms with van der Waals surface area (Å²) < 4.78 is 20.7. The summed E-state index contributed by atoms with van der Waals surface area (Å²) in [4.78, 5) is 26.9. The lowest BCUT2D eigenvalue weighted by Gasteiger charge is -2.35. The summed E-state index contributed by atoms with van der Waals surface area (Å²) in [7, 11) is 2.00. The fourth-order valence-corrected chi connectivity index (χ4v) is 5.31. The van der Waals surface area contributed by atoms with Crippen molar-refractivity contribution in [3.63, 3.8) is 0 Å². The third-order valence-corrected chi connectivity index (χ3v) is 7.37. The number of carboxylic acid groups (broad SMARTS) is 1. The van der Waals surface area contributed by atoms with Crippen LogP contribution in [-0.2, 0) is 16.0 Å². The van der Waals surface area contributed by atoms with Gasteiger partial charge in [0.05, 0.1) is 23.8 Å². The van der Waals surface area contributed by atoms with Crippen molar-refractivity contribution in [1.82, 2.24) is 19.3 Å². The fourth-order valence-electron chi connectivity index (χ4n) is 4.51. The molecule has 1 saturated heterocycles. The molecule has 0 bridgehead atoms. The molecule has 3 aromatic heterocycles. The van der Waals surface area contributed by atoms with Crippen molar-refractivity contribution in [2.75, 3.05) is 56.4 Å². The standard InChI is InChI=1S/C26H29FN6O3S/c1-3-21-25(30(2)26-29-22(16-37-26)18-4-6-19(27)7-5-18)33-14-20(8-9-23(33)28-21)32-12-10-31(11-13-32)17-36-15-24(34)35/h4-9,14,16H,3,10-13,15,17H2,1-2H3,(H,34,35). The lowest BCUT2D eigenvalue weighted by molar-refractivity contribution is -0.144. The van der Waals surface area contributed by atoms with E-state index in [-0.39, 0.29) is 12.4 Å². The minimum Gasteiger partial charge on any atom is -0.480 e. The molecule has 194 valence electrons. The third kappa shape index (κ3) is 5.43. The van der Waals surface area contributed by atoms with E-state index in [1.54, 1.807) is 12.1 Å². The van der Waals surface area contributed by atoms with Gasteiger partial charge in [-0.25, -0.2) is 19.2 Å². The van der Waals surface area contributed by atoms with Crippen LogP contribution in [-0.4, -0.2) is 76.9 Å². The molecule has 0 unspecified atom stereocenters. The number of ether oxygens (including phenoxy) is 1. The van der Waals surface area contributed by atoms with Gasteiger partial charge < -0.3 is 19.6 Å². The van der Waals surface area contributed by atoms with Crippen LogP contribution in [0.5, 0.6) is 0 Å². The number of nitrogens with zero attached hydrogens (tertiary/aromatic N) is 6. The minimum absolute atomic E-state index is 0.265.